The normalized spacial score (nSPS) is 16.0. The summed E-state index contributed by atoms with van der Waals surface area (Å²) in [4.78, 5) is 1.96. The predicted octanol–water partition coefficient (Wildman–Crippen LogP) is 3.26. The van der Waals surface area contributed by atoms with Gasteiger partial charge in [0.25, 0.3) is 0 Å². The highest BCUT2D eigenvalue weighted by molar-refractivity contribution is 6.34. The van der Waals surface area contributed by atoms with Gasteiger partial charge in [-0.15, -0.1) is 10.2 Å². The molecule has 142 valence electrons. The molecule has 9 heteroatoms. The molecule has 0 radical (unpaired) electrons. The summed E-state index contributed by atoms with van der Waals surface area (Å²) in [6.07, 6.45) is 5.20. The minimum absolute atomic E-state index is 0.247. The molecule has 1 aromatic carbocycles. The molecule has 4 rings (SSSR count). The zero-order valence-electron chi connectivity index (χ0n) is 15.2. The van der Waals surface area contributed by atoms with Crippen LogP contribution in [0.25, 0.3) is 11.1 Å². The summed E-state index contributed by atoms with van der Waals surface area (Å²) in [5, 5.41) is 25.5. The van der Waals surface area contributed by atoms with Gasteiger partial charge >= 0.3 is 0 Å². The molecule has 1 aliphatic rings. The SMILES string of the molecule is Cn1cnnc1C1(F)CCN(c2c(Cl)cc(-c3ccnnc3)cc2C#N)CC1. The number of rotatable bonds is 3. The third-order valence-corrected chi connectivity index (χ3v) is 5.37. The second kappa shape index (κ2) is 7.17. The van der Waals surface area contributed by atoms with E-state index >= 15 is 4.39 Å². The second-order valence-corrected chi connectivity index (χ2v) is 7.22. The van der Waals surface area contributed by atoms with Crippen LogP contribution in [-0.2, 0) is 12.7 Å². The van der Waals surface area contributed by atoms with E-state index < -0.39 is 5.67 Å². The Morgan fingerprint density at radius 3 is 2.57 bits per heavy atom. The van der Waals surface area contributed by atoms with Gasteiger partial charge in [-0.3, -0.25) is 0 Å². The molecule has 0 N–H and O–H groups in total. The molecule has 0 saturated carbocycles. The van der Waals surface area contributed by atoms with Gasteiger partial charge in [0.05, 0.1) is 28.7 Å². The smallest absolute Gasteiger partial charge is 0.173 e. The molecule has 0 bridgehead atoms. The van der Waals surface area contributed by atoms with E-state index in [9.17, 15) is 5.26 Å². The van der Waals surface area contributed by atoms with Gasteiger partial charge in [0.15, 0.2) is 11.5 Å². The number of halogens is 2. The van der Waals surface area contributed by atoms with Crippen LogP contribution in [0.5, 0.6) is 0 Å². The lowest BCUT2D eigenvalue weighted by molar-refractivity contribution is 0.109. The summed E-state index contributed by atoms with van der Waals surface area (Å²) in [6.45, 7) is 0.849. The highest BCUT2D eigenvalue weighted by Crippen LogP contribution is 2.41. The van der Waals surface area contributed by atoms with Crippen molar-refractivity contribution >= 4 is 17.3 Å². The van der Waals surface area contributed by atoms with E-state index in [1.165, 1.54) is 6.33 Å². The number of hydrogen-bond donors (Lipinski definition) is 0. The van der Waals surface area contributed by atoms with E-state index in [1.807, 2.05) is 4.90 Å². The Hall–Kier alpha value is -3.05. The lowest BCUT2D eigenvalue weighted by atomic mass is 9.91. The second-order valence-electron chi connectivity index (χ2n) is 6.81. The Kier molecular flexibility index (Phi) is 4.69. The van der Waals surface area contributed by atoms with Crippen molar-refractivity contribution in [2.24, 2.45) is 7.05 Å². The zero-order chi connectivity index (χ0) is 19.7. The summed E-state index contributed by atoms with van der Waals surface area (Å²) >= 11 is 6.54. The van der Waals surface area contributed by atoms with Crippen molar-refractivity contribution in [1.29, 1.82) is 5.26 Å². The van der Waals surface area contributed by atoms with Crippen LogP contribution >= 0.6 is 11.6 Å². The topological polar surface area (TPSA) is 83.5 Å². The maximum Gasteiger partial charge on any atom is 0.173 e. The van der Waals surface area contributed by atoms with Crippen LogP contribution < -0.4 is 4.90 Å². The molecular weight excluding hydrogens is 381 g/mol. The van der Waals surface area contributed by atoms with Gasteiger partial charge < -0.3 is 9.47 Å². The fourth-order valence-corrected chi connectivity index (χ4v) is 3.97. The van der Waals surface area contributed by atoms with Gasteiger partial charge in [0.2, 0.25) is 0 Å². The molecule has 0 amide bonds. The van der Waals surface area contributed by atoms with Crippen LogP contribution in [-0.4, -0.2) is 38.1 Å². The van der Waals surface area contributed by atoms with E-state index in [0.717, 1.165) is 11.1 Å². The van der Waals surface area contributed by atoms with Crippen LogP contribution in [0.3, 0.4) is 0 Å². The van der Waals surface area contributed by atoms with Crippen molar-refractivity contribution in [2.45, 2.75) is 18.5 Å². The van der Waals surface area contributed by atoms with E-state index in [0.29, 0.717) is 35.2 Å². The van der Waals surface area contributed by atoms with E-state index in [2.05, 4.69) is 26.5 Å². The first kappa shape index (κ1) is 18.3. The number of aromatic nitrogens is 5. The van der Waals surface area contributed by atoms with Gasteiger partial charge in [-0.1, -0.05) is 11.6 Å². The van der Waals surface area contributed by atoms with Crippen molar-refractivity contribution in [3.8, 4) is 17.2 Å². The summed E-state index contributed by atoms with van der Waals surface area (Å²) in [7, 11) is 1.74. The van der Waals surface area contributed by atoms with Crippen molar-refractivity contribution in [3.63, 3.8) is 0 Å². The molecule has 0 unspecified atom stereocenters. The van der Waals surface area contributed by atoms with Crippen LogP contribution in [0.4, 0.5) is 10.1 Å². The third kappa shape index (κ3) is 3.18. The van der Waals surface area contributed by atoms with Crippen LogP contribution in [0.2, 0.25) is 5.02 Å². The summed E-state index contributed by atoms with van der Waals surface area (Å²) in [5.41, 5.74) is 1.16. The van der Waals surface area contributed by atoms with Gasteiger partial charge in [-0.2, -0.15) is 15.5 Å². The van der Waals surface area contributed by atoms with E-state index in [4.69, 9.17) is 11.6 Å². The Labute approximate surface area is 166 Å². The molecule has 3 aromatic rings. The molecule has 28 heavy (non-hydrogen) atoms. The monoisotopic (exact) mass is 397 g/mol. The largest absolute Gasteiger partial charge is 0.369 e. The van der Waals surface area contributed by atoms with Crippen LogP contribution in [0.15, 0.2) is 36.9 Å². The number of anilines is 1. The first-order valence-corrected chi connectivity index (χ1v) is 9.19. The highest BCUT2D eigenvalue weighted by Gasteiger charge is 2.40. The zero-order valence-corrected chi connectivity index (χ0v) is 15.9. The summed E-state index contributed by atoms with van der Waals surface area (Å²) < 4.78 is 17.0. The average molecular weight is 398 g/mol. The molecule has 2 aromatic heterocycles. The van der Waals surface area contributed by atoms with Gasteiger partial charge in [-0.05, 0) is 23.8 Å². The van der Waals surface area contributed by atoms with E-state index in [1.54, 1.807) is 42.2 Å². The fraction of sp³-hybridized carbons (Fsp3) is 0.316. The van der Waals surface area contributed by atoms with Crippen LogP contribution in [0.1, 0.15) is 24.2 Å². The maximum absolute atomic E-state index is 15.4. The molecular formula is C19H17ClFN7. The third-order valence-electron chi connectivity index (χ3n) is 5.09. The van der Waals surface area contributed by atoms with Crippen molar-refractivity contribution < 1.29 is 4.39 Å². The maximum atomic E-state index is 15.4. The summed E-state index contributed by atoms with van der Waals surface area (Å²) in [6, 6.07) is 7.60. The molecule has 3 heterocycles. The highest BCUT2D eigenvalue weighted by atomic mass is 35.5. The van der Waals surface area contributed by atoms with Crippen molar-refractivity contribution in [3.05, 3.63) is 53.3 Å². The predicted molar refractivity (Wildman–Crippen MR) is 102 cm³/mol. The Balaban J connectivity index is 1.62. The van der Waals surface area contributed by atoms with Crippen molar-refractivity contribution in [1.82, 2.24) is 25.0 Å². The number of piperidine rings is 1. The van der Waals surface area contributed by atoms with Crippen molar-refractivity contribution in [2.75, 3.05) is 18.0 Å². The molecule has 0 spiro atoms. The molecule has 7 nitrogen and oxygen atoms in total. The number of nitrogens with zero attached hydrogens (tertiary/aromatic N) is 7. The standard InChI is InChI=1S/C19H17ClFN7/c1-27-12-25-26-18(27)19(21)3-6-28(7-4-19)17-15(10-22)8-14(9-16(17)20)13-2-5-23-24-11-13/h2,5,8-9,11-12H,3-4,6-7H2,1H3. The quantitative estimate of drug-likeness (QED) is 0.674. The van der Waals surface area contributed by atoms with E-state index in [-0.39, 0.29) is 12.8 Å². The summed E-state index contributed by atoms with van der Waals surface area (Å²) in [5.74, 6) is 0.333. The van der Waals surface area contributed by atoms with Crippen LogP contribution in [0, 0.1) is 11.3 Å². The van der Waals surface area contributed by atoms with Gasteiger partial charge in [0, 0.05) is 38.5 Å². The lowest BCUT2D eigenvalue weighted by Crippen LogP contribution is -2.42. The molecule has 0 aliphatic carbocycles. The Morgan fingerprint density at radius 1 is 1.18 bits per heavy atom. The molecule has 1 fully saturated rings. The number of benzene rings is 1. The first-order valence-electron chi connectivity index (χ1n) is 8.81. The molecule has 0 atom stereocenters. The number of hydrogen-bond acceptors (Lipinski definition) is 6. The Bertz CT molecular complexity index is 1040. The number of alkyl halides is 1. The lowest BCUT2D eigenvalue weighted by Gasteiger charge is -2.37. The number of nitriles is 1. The van der Waals surface area contributed by atoms with Gasteiger partial charge in [-0.25, -0.2) is 4.39 Å². The minimum atomic E-state index is -1.54. The molecule has 1 saturated heterocycles. The average Bonchev–Trinajstić information content (AvgIpc) is 3.16. The Morgan fingerprint density at radius 2 is 1.96 bits per heavy atom. The number of aryl methyl sites for hydroxylation is 1. The minimum Gasteiger partial charge on any atom is -0.369 e. The molecule has 1 aliphatic heterocycles. The van der Waals surface area contributed by atoms with Gasteiger partial charge in [0.1, 0.15) is 12.4 Å². The first-order chi connectivity index (χ1) is 13.5. The fourth-order valence-electron chi connectivity index (χ4n) is 3.63.